The monoisotopic (exact) mass is 407 g/mol. The van der Waals surface area contributed by atoms with Gasteiger partial charge in [0.05, 0.1) is 19.1 Å². The van der Waals surface area contributed by atoms with Crippen molar-refractivity contribution >= 4 is 23.2 Å². The molecular weight excluding hydrogens is 378 g/mol. The summed E-state index contributed by atoms with van der Waals surface area (Å²) < 4.78 is 5.39. The molecule has 2 amide bonds. The number of nitrogens with one attached hydrogen (secondary N) is 1. The van der Waals surface area contributed by atoms with Crippen molar-refractivity contribution in [3.05, 3.63) is 59.7 Å². The SMILES string of the molecule is CCc1ccc(N2CC(C(=O)Nc3ccc(CN4CCOCC4)cc3)CC2=O)cc1. The third-order valence-electron chi connectivity index (χ3n) is 5.88. The van der Waals surface area contributed by atoms with Crippen LogP contribution >= 0.6 is 0 Å². The van der Waals surface area contributed by atoms with Crippen molar-refractivity contribution in [3.8, 4) is 0 Å². The number of morpholine rings is 1. The highest BCUT2D eigenvalue weighted by Gasteiger charge is 2.35. The first-order chi connectivity index (χ1) is 14.6. The molecular formula is C24H29N3O3. The maximum atomic E-state index is 12.7. The van der Waals surface area contributed by atoms with Crippen LogP contribution in [0.5, 0.6) is 0 Å². The van der Waals surface area contributed by atoms with Gasteiger partial charge in [-0.25, -0.2) is 0 Å². The van der Waals surface area contributed by atoms with Crippen molar-refractivity contribution in [1.29, 1.82) is 0 Å². The summed E-state index contributed by atoms with van der Waals surface area (Å²) in [4.78, 5) is 29.3. The lowest BCUT2D eigenvalue weighted by molar-refractivity contribution is -0.122. The van der Waals surface area contributed by atoms with E-state index in [0.717, 1.165) is 50.6 Å². The molecule has 1 atom stereocenters. The number of anilines is 2. The van der Waals surface area contributed by atoms with E-state index in [9.17, 15) is 9.59 Å². The second-order valence-corrected chi connectivity index (χ2v) is 8.00. The fraction of sp³-hybridized carbons (Fsp3) is 0.417. The largest absolute Gasteiger partial charge is 0.379 e. The Bertz CT molecular complexity index is 874. The number of amides is 2. The van der Waals surface area contributed by atoms with Crippen LogP contribution in [0.2, 0.25) is 0 Å². The highest BCUT2D eigenvalue weighted by Crippen LogP contribution is 2.26. The van der Waals surface area contributed by atoms with Gasteiger partial charge in [0, 0.05) is 44.0 Å². The van der Waals surface area contributed by atoms with Crippen molar-refractivity contribution < 1.29 is 14.3 Å². The Morgan fingerprint density at radius 3 is 2.37 bits per heavy atom. The molecule has 30 heavy (non-hydrogen) atoms. The van der Waals surface area contributed by atoms with Crippen LogP contribution < -0.4 is 10.2 Å². The molecule has 2 fully saturated rings. The van der Waals surface area contributed by atoms with Gasteiger partial charge in [-0.1, -0.05) is 31.2 Å². The molecule has 1 N–H and O–H groups in total. The fourth-order valence-corrected chi connectivity index (χ4v) is 4.00. The summed E-state index contributed by atoms with van der Waals surface area (Å²) in [7, 11) is 0. The van der Waals surface area contributed by atoms with E-state index in [1.54, 1.807) is 4.90 Å². The van der Waals surface area contributed by atoms with Crippen molar-refractivity contribution in [2.45, 2.75) is 26.3 Å². The normalized spacial score (nSPS) is 19.8. The van der Waals surface area contributed by atoms with E-state index in [4.69, 9.17) is 4.74 Å². The van der Waals surface area contributed by atoms with Crippen LogP contribution in [0.25, 0.3) is 0 Å². The molecule has 2 aromatic rings. The lowest BCUT2D eigenvalue weighted by Gasteiger charge is -2.26. The highest BCUT2D eigenvalue weighted by molar-refractivity contribution is 6.03. The average molecular weight is 408 g/mol. The van der Waals surface area contributed by atoms with Crippen LogP contribution in [0, 0.1) is 5.92 Å². The Morgan fingerprint density at radius 1 is 1.03 bits per heavy atom. The van der Waals surface area contributed by atoms with Gasteiger partial charge in [-0.2, -0.15) is 0 Å². The molecule has 0 bridgehead atoms. The third kappa shape index (κ3) is 4.89. The molecule has 0 aliphatic carbocycles. The van der Waals surface area contributed by atoms with Crippen molar-refractivity contribution in [2.24, 2.45) is 5.92 Å². The first-order valence-electron chi connectivity index (χ1n) is 10.7. The Labute approximate surface area is 177 Å². The molecule has 0 radical (unpaired) electrons. The Kier molecular flexibility index (Phi) is 6.45. The number of benzene rings is 2. The van der Waals surface area contributed by atoms with Gasteiger partial charge in [0.2, 0.25) is 11.8 Å². The summed E-state index contributed by atoms with van der Waals surface area (Å²) >= 11 is 0. The number of rotatable bonds is 6. The second kappa shape index (κ2) is 9.41. The van der Waals surface area contributed by atoms with E-state index in [2.05, 4.69) is 17.1 Å². The zero-order valence-electron chi connectivity index (χ0n) is 17.5. The van der Waals surface area contributed by atoms with Gasteiger partial charge in [-0.15, -0.1) is 0 Å². The van der Waals surface area contributed by atoms with Crippen LogP contribution in [0.3, 0.4) is 0 Å². The van der Waals surface area contributed by atoms with Gasteiger partial charge in [0.1, 0.15) is 0 Å². The molecule has 6 heteroatoms. The van der Waals surface area contributed by atoms with Gasteiger partial charge in [0.25, 0.3) is 0 Å². The van der Waals surface area contributed by atoms with Crippen LogP contribution in [-0.2, 0) is 27.3 Å². The molecule has 4 rings (SSSR count). The van der Waals surface area contributed by atoms with Gasteiger partial charge in [-0.05, 0) is 41.8 Å². The van der Waals surface area contributed by atoms with Crippen LogP contribution in [0.15, 0.2) is 48.5 Å². The van der Waals surface area contributed by atoms with Gasteiger partial charge in [-0.3, -0.25) is 14.5 Å². The molecule has 158 valence electrons. The molecule has 1 unspecified atom stereocenters. The minimum absolute atomic E-state index is 0.000238. The third-order valence-corrected chi connectivity index (χ3v) is 5.88. The van der Waals surface area contributed by atoms with E-state index >= 15 is 0 Å². The molecule has 0 spiro atoms. The van der Waals surface area contributed by atoms with E-state index < -0.39 is 0 Å². The van der Waals surface area contributed by atoms with Crippen molar-refractivity contribution in [2.75, 3.05) is 43.1 Å². The minimum atomic E-state index is -0.337. The Hall–Kier alpha value is -2.70. The van der Waals surface area contributed by atoms with Gasteiger partial charge in [0.15, 0.2) is 0 Å². The number of hydrogen-bond donors (Lipinski definition) is 1. The van der Waals surface area contributed by atoms with Crippen molar-refractivity contribution in [1.82, 2.24) is 4.90 Å². The van der Waals surface area contributed by atoms with Gasteiger partial charge >= 0.3 is 0 Å². The summed E-state index contributed by atoms with van der Waals surface area (Å²) in [5.41, 5.74) is 4.08. The number of ether oxygens (including phenoxy) is 1. The lowest BCUT2D eigenvalue weighted by Crippen LogP contribution is -2.35. The van der Waals surface area contributed by atoms with Crippen molar-refractivity contribution in [3.63, 3.8) is 0 Å². The zero-order valence-corrected chi connectivity index (χ0v) is 17.5. The molecule has 2 heterocycles. The summed E-state index contributed by atoms with van der Waals surface area (Å²) in [5.74, 6) is -0.436. The highest BCUT2D eigenvalue weighted by atomic mass is 16.5. The first-order valence-corrected chi connectivity index (χ1v) is 10.7. The standard InChI is InChI=1S/C24H29N3O3/c1-2-18-5-9-22(10-6-18)27-17-20(15-23(27)28)24(29)25-21-7-3-19(4-8-21)16-26-11-13-30-14-12-26/h3-10,20H,2,11-17H2,1H3,(H,25,29). The van der Waals surface area contributed by atoms with Crippen LogP contribution in [0.1, 0.15) is 24.5 Å². The van der Waals surface area contributed by atoms with Crippen LogP contribution in [0.4, 0.5) is 11.4 Å². The van der Waals surface area contributed by atoms with E-state index in [1.807, 2.05) is 48.5 Å². The number of aryl methyl sites for hydroxylation is 1. The predicted molar refractivity (Wildman–Crippen MR) is 117 cm³/mol. The van der Waals surface area contributed by atoms with Crippen LogP contribution in [-0.4, -0.2) is 49.6 Å². The number of carbonyl (C=O) groups is 2. The molecule has 2 aliphatic rings. The second-order valence-electron chi connectivity index (χ2n) is 8.00. The Morgan fingerprint density at radius 2 is 1.70 bits per heavy atom. The predicted octanol–water partition coefficient (Wildman–Crippen LogP) is 3.07. The topological polar surface area (TPSA) is 61.9 Å². The van der Waals surface area contributed by atoms with E-state index in [-0.39, 0.29) is 24.2 Å². The smallest absolute Gasteiger partial charge is 0.229 e. The first kappa shape index (κ1) is 20.6. The number of carbonyl (C=O) groups excluding carboxylic acids is 2. The molecule has 2 aromatic carbocycles. The lowest BCUT2D eigenvalue weighted by atomic mass is 10.1. The van der Waals surface area contributed by atoms with Gasteiger partial charge < -0.3 is 15.0 Å². The summed E-state index contributed by atoms with van der Waals surface area (Å²) in [6, 6.07) is 16.0. The average Bonchev–Trinajstić information content (AvgIpc) is 3.18. The number of hydrogen-bond acceptors (Lipinski definition) is 4. The zero-order chi connectivity index (χ0) is 20.9. The van der Waals surface area contributed by atoms with E-state index in [1.165, 1.54) is 11.1 Å². The molecule has 2 aliphatic heterocycles. The van der Waals surface area contributed by atoms with E-state index in [0.29, 0.717) is 6.54 Å². The number of nitrogens with zero attached hydrogens (tertiary/aromatic N) is 2. The maximum absolute atomic E-state index is 12.7. The summed E-state index contributed by atoms with van der Waals surface area (Å²) in [6.45, 7) is 6.89. The fourth-order valence-electron chi connectivity index (χ4n) is 4.00. The molecule has 6 nitrogen and oxygen atoms in total. The summed E-state index contributed by atoms with van der Waals surface area (Å²) in [5, 5.41) is 2.97. The minimum Gasteiger partial charge on any atom is -0.379 e. The molecule has 2 saturated heterocycles. The Balaban J connectivity index is 1.32. The maximum Gasteiger partial charge on any atom is 0.229 e. The molecule has 0 saturated carbocycles. The summed E-state index contributed by atoms with van der Waals surface area (Å²) in [6.07, 6.45) is 1.21. The quantitative estimate of drug-likeness (QED) is 0.800. The molecule has 0 aromatic heterocycles.